The highest BCUT2D eigenvalue weighted by molar-refractivity contribution is 9.10. The van der Waals surface area contributed by atoms with Gasteiger partial charge in [0.25, 0.3) is 5.91 Å². The highest BCUT2D eigenvalue weighted by Gasteiger charge is 2.06. The average Bonchev–Trinajstić information content (AvgIpc) is 2.94. The third kappa shape index (κ3) is 3.65. The zero-order valence-corrected chi connectivity index (χ0v) is 13.3. The number of H-pyrrole nitrogens is 1. The van der Waals surface area contributed by atoms with Crippen LogP contribution in [0.2, 0.25) is 0 Å². The van der Waals surface area contributed by atoms with Crippen LogP contribution in [-0.2, 0) is 11.3 Å². The minimum Gasteiger partial charge on any atom is -0.484 e. The van der Waals surface area contributed by atoms with E-state index >= 15 is 0 Å². The fraction of sp³-hybridized carbons (Fsp3) is 0.125. The molecule has 0 aliphatic rings. The quantitative estimate of drug-likeness (QED) is 0.735. The maximum Gasteiger partial charge on any atom is 0.258 e. The van der Waals surface area contributed by atoms with Gasteiger partial charge in [0.05, 0.1) is 17.6 Å². The molecule has 22 heavy (non-hydrogen) atoms. The lowest BCUT2D eigenvalue weighted by Gasteiger charge is -2.06. The third-order valence-electron chi connectivity index (χ3n) is 3.06. The van der Waals surface area contributed by atoms with E-state index in [4.69, 9.17) is 4.74 Å². The number of nitrogens with zero attached hydrogens (tertiary/aromatic N) is 1. The van der Waals surface area contributed by atoms with Crippen molar-refractivity contribution in [2.45, 2.75) is 6.54 Å². The molecule has 6 heteroatoms. The van der Waals surface area contributed by atoms with Crippen LogP contribution >= 0.6 is 15.9 Å². The van der Waals surface area contributed by atoms with Crippen molar-refractivity contribution in [2.24, 2.45) is 0 Å². The SMILES string of the molecule is O=C(COc1cccc(Br)c1)NCc1nc2ccccc2[nH]1. The van der Waals surface area contributed by atoms with Crippen LogP contribution < -0.4 is 10.1 Å². The number of benzene rings is 2. The molecule has 0 aliphatic carbocycles. The van der Waals surface area contributed by atoms with Gasteiger partial charge in [0.15, 0.2) is 6.61 Å². The fourth-order valence-corrected chi connectivity index (χ4v) is 2.41. The van der Waals surface area contributed by atoms with E-state index in [1.165, 1.54) is 0 Å². The van der Waals surface area contributed by atoms with Crippen molar-refractivity contribution in [3.63, 3.8) is 0 Å². The Hall–Kier alpha value is -2.34. The number of fused-ring (bicyclic) bond motifs is 1. The number of ether oxygens (including phenoxy) is 1. The highest BCUT2D eigenvalue weighted by Crippen LogP contribution is 2.17. The number of hydrogen-bond acceptors (Lipinski definition) is 3. The predicted molar refractivity (Wildman–Crippen MR) is 87.6 cm³/mol. The van der Waals surface area contributed by atoms with Gasteiger partial charge in [0, 0.05) is 4.47 Å². The summed E-state index contributed by atoms with van der Waals surface area (Å²) in [6.07, 6.45) is 0. The van der Waals surface area contributed by atoms with Crippen LogP contribution in [0.25, 0.3) is 11.0 Å². The summed E-state index contributed by atoms with van der Waals surface area (Å²) in [5, 5.41) is 2.78. The number of imidazole rings is 1. The minimum absolute atomic E-state index is 0.0311. The molecule has 1 amide bonds. The highest BCUT2D eigenvalue weighted by atomic mass is 79.9. The third-order valence-corrected chi connectivity index (χ3v) is 3.55. The molecule has 112 valence electrons. The molecule has 1 aromatic heterocycles. The van der Waals surface area contributed by atoms with Gasteiger partial charge in [-0.05, 0) is 30.3 Å². The second kappa shape index (κ2) is 6.62. The van der Waals surface area contributed by atoms with Gasteiger partial charge in [0.2, 0.25) is 0 Å². The van der Waals surface area contributed by atoms with E-state index in [9.17, 15) is 4.79 Å². The normalized spacial score (nSPS) is 10.6. The van der Waals surface area contributed by atoms with Crippen LogP contribution in [-0.4, -0.2) is 22.5 Å². The molecule has 0 atom stereocenters. The molecule has 0 aliphatic heterocycles. The van der Waals surface area contributed by atoms with Crippen molar-refractivity contribution in [2.75, 3.05) is 6.61 Å². The fourth-order valence-electron chi connectivity index (χ4n) is 2.03. The Morgan fingerprint density at radius 2 is 2.09 bits per heavy atom. The van der Waals surface area contributed by atoms with E-state index in [1.807, 2.05) is 42.5 Å². The Morgan fingerprint density at radius 3 is 2.91 bits per heavy atom. The molecule has 3 aromatic rings. The van der Waals surface area contributed by atoms with Crippen LogP contribution in [0.5, 0.6) is 5.75 Å². The van der Waals surface area contributed by atoms with Gasteiger partial charge < -0.3 is 15.0 Å². The number of carbonyl (C=O) groups excluding carboxylic acids is 1. The number of aromatic nitrogens is 2. The molecule has 3 rings (SSSR count). The molecule has 0 fully saturated rings. The van der Waals surface area contributed by atoms with Crippen molar-refractivity contribution in [3.8, 4) is 5.75 Å². The molecular weight excluding hydrogens is 346 g/mol. The Balaban J connectivity index is 1.51. The van der Waals surface area contributed by atoms with Gasteiger partial charge in [-0.1, -0.05) is 34.1 Å². The second-order valence-corrected chi connectivity index (χ2v) is 5.64. The van der Waals surface area contributed by atoms with Crippen molar-refractivity contribution in [3.05, 3.63) is 58.8 Å². The molecule has 0 radical (unpaired) electrons. The molecular formula is C16H14BrN3O2. The maximum absolute atomic E-state index is 11.8. The summed E-state index contributed by atoms with van der Waals surface area (Å²) < 4.78 is 6.33. The number of carbonyl (C=O) groups is 1. The molecule has 0 saturated heterocycles. The molecule has 1 heterocycles. The van der Waals surface area contributed by atoms with Crippen LogP contribution in [0, 0.1) is 0 Å². The van der Waals surface area contributed by atoms with E-state index in [1.54, 1.807) is 6.07 Å². The summed E-state index contributed by atoms with van der Waals surface area (Å²) in [5.41, 5.74) is 1.84. The summed E-state index contributed by atoms with van der Waals surface area (Å²) in [7, 11) is 0. The first kappa shape index (κ1) is 14.6. The largest absolute Gasteiger partial charge is 0.484 e. The lowest BCUT2D eigenvalue weighted by atomic mass is 10.3. The summed E-state index contributed by atoms with van der Waals surface area (Å²) in [6, 6.07) is 15.1. The molecule has 0 unspecified atom stereocenters. The first-order valence-corrected chi connectivity index (χ1v) is 7.59. The number of aromatic amines is 1. The Labute approximate surface area is 135 Å². The molecule has 0 bridgehead atoms. The molecule has 2 N–H and O–H groups in total. The summed E-state index contributed by atoms with van der Waals surface area (Å²) in [4.78, 5) is 19.4. The van der Waals surface area contributed by atoms with Gasteiger partial charge in [0.1, 0.15) is 11.6 Å². The number of rotatable bonds is 5. The first-order valence-electron chi connectivity index (χ1n) is 6.79. The minimum atomic E-state index is -0.194. The lowest BCUT2D eigenvalue weighted by molar-refractivity contribution is -0.123. The van der Waals surface area contributed by atoms with E-state index in [0.717, 1.165) is 21.3 Å². The number of amides is 1. The standard InChI is InChI=1S/C16H14BrN3O2/c17-11-4-3-5-12(8-11)22-10-16(21)18-9-15-19-13-6-1-2-7-14(13)20-15/h1-8H,9-10H2,(H,18,21)(H,19,20). The summed E-state index contributed by atoms with van der Waals surface area (Å²) in [5.74, 6) is 1.17. The number of halogens is 1. The first-order chi connectivity index (χ1) is 10.7. The van der Waals surface area contributed by atoms with Crippen LogP contribution in [0.4, 0.5) is 0 Å². The Kier molecular flexibility index (Phi) is 4.39. The van der Waals surface area contributed by atoms with Crippen molar-refractivity contribution in [1.82, 2.24) is 15.3 Å². The van der Waals surface area contributed by atoms with Crippen molar-refractivity contribution < 1.29 is 9.53 Å². The van der Waals surface area contributed by atoms with Crippen molar-refractivity contribution in [1.29, 1.82) is 0 Å². The summed E-state index contributed by atoms with van der Waals surface area (Å²) >= 11 is 3.35. The summed E-state index contributed by atoms with van der Waals surface area (Å²) in [6.45, 7) is 0.312. The zero-order chi connectivity index (χ0) is 15.4. The van der Waals surface area contributed by atoms with E-state index in [0.29, 0.717) is 12.3 Å². The number of para-hydroxylation sites is 2. The van der Waals surface area contributed by atoms with E-state index in [-0.39, 0.29) is 12.5 Å². The monoisotopic (exact) mass is 359 g/mol. The Bertz CT molecular complexity index is 768. The molecule has 5 nitrogen and oxygen atoms in total. The number of hydrogen-bond donors (Lipinski definition) is 2. The van der Waals surface area contributed by atoms with Gasteiger partial charge in [-0.25, -0.2) is 4.98 Å². The van der Waals surface area contributed by atoms with Gasteiger partial charge >= 0.3 is 0 Å². The molecule has 2 aromatic carbocycles. The smallest absolute Gasteiger partial charge is 0.258 e. The van der Waals surface area contributed by atoms with Gasteiger partial charge in [-0.15, -0.1) is 0 Å². The number of nitrogens with one attached hydrogen (secondary N) is 2. The zero-order valence-electron chi connectivity index (χ0n) is 11.7. The van der Waals surface area contributed by atoms with Crippen LogP contribution in [0.1, 0.15) is 5.82 Å². The topological polar surface area (TPSA) is 67.0 Å². The van der Waals surface area contributed by atoms with Gasteiger partial charge in [-0.3, -0.25) is 4.79 Å². The molecule has 0 spiro atoms. The predicted octanol–water partition coefficient (Wildman–Crippen LogP) is 3.02. The molecule has 0 saturated carbocycles. The lowest BCUT2D eigenvalue weighted by Crippen LogP contribution is -2.28. The van der Waals surface area contributed by atoms with Crippen molar-refractivity contribution >= 4 is 32.9 Å². The Morgan fingerprint density at radius 1 is 1.23 bits per heavy atom. The van der Waals surface area contributed by atoms with Gasteiger partial charge in [-0.2, -0.15) is 0 Å². The second-order valence-electron chi connectivity index (χ2n) is 4.72. The van der Waals surface area contributed by atoms with Crippen LogP contribution in [0.15, 0.2) is 53.0 Å². The van der Waals surface area contributed by atoms with E-state index < -0.39 is 0 Å². The van der Waals surface area contributed by atoms with Crippen LogP contribution in [0.3, 0.4) is 0 Å². The van der Waals surface area contributed by atoms with E-state index in [2.05, 4.69) is 31.2 Å². The maximum atomic E-state index is 11.8. The average molecular weight is 360 g/mol.